The zero-order valence-electron chi connectivity index (χ0n) is 12.9. The summed E-state index contributed by atoms with van der Waals surface area (Å²) < 4.78 is 23.9. The van der Waals surface area contributed by atoms with Crippen LogP contribution in [0.25, 0.3) is 0 Å². The summed E-state index contributed by atoms with van der Waals surface area (Å²) in [6.07, 6.45) is -1.51. The number of amides is 1. The minimum atomic E-state index is -1.46. The fourth-order valence-corrected chi connectivity index (χ4v) is 2.58. The van der Waals surface area contributed by atoms with E-state index >= 15 is 0 Å². The molecule has 0 aliphatic carbocycles. The van der Waals surface area contributed by atoms with Gasteiger partial charge in [-0.1, -0.05) is 11.6 Å². The molecule has 7 nitrogen and oxygen atoms in total. The zero-order valence-corrected chi connectivity index (χ0v) is 13.6. The topological polar surface area (TPSA) is 99.6 Å². The Labute approximate surface area is 147 Å². The number of nitrogens with zero attached hydrogens (tertiary/aromatic N) is 3. The largest absolute Gasteiger partial charge is 0.482 e. The summed E-state index contributed by atoms with van der Waals surface area (Å²) in [7, 11) is 0. The molecule has 1 fully saturated rings. The number of aromatic nitrogens is 1. The first-order valence-corrected chi connectivity index (χ1v) is 7.74. The first kappa shape index (κ1) is 17.2. The van der Waals surface area contributed by atoms with Crippen molar-refractivity contribution in [2.24, 2.45) is 0 Å². The molecule has 0 saturated carbocycles. The number of rotatable bonds is 4. The molecule has 0 radical (unpaired) electrons. The molecule has 25 heavy (non-hydrogen) atoms. The number of carbonyl (C=O) groups is 1. The Hall–Kier alpha value is -2.63. The van der Waals surface area contributed by atoms with Crippen LogP contribution < -0.4 is 4.74 Å². The number of halogens is 2. The number of oxazole rings is 1. The van der Waals surface area contributed by atoms with Crippen molar-refractivity contribution in [3.8, 4) is 11.8 Å². The highest BCUT2D eigenvalue weighted by Crippen LogP contribution is 2.23. The molecule has 9 heteroatoms. The lowest BCUT2D eigenvalue weighted by Gasteiger charge is -2.12. The number of carbonyl (C=O) groups excluding carboxylic acids is 1. The molecule has 1 aromatic carbocycles. The smallest absolute Gasteiger partial charge is 0.276 e. The lowest BCUT2D eigenvalue weighted by Crippen LogP contribution is -2.29. The van der Waals surface area contributed by atoms with Gasteiger partial charge >= 0.3 is 0 Å². The van der Waals surface area contributed by atoms with Crippen molar-refractivity contribution in [2.75, 3.05) is 13.1 Å². The lowest BCUT2D eigenvalue weighted by molar-refractivity contribution is 0.0758. The molecule has 1 aromatic heterocycles. The summed E-state index contributed by atoms with van der Waals surface area (Å²) in [5.74, 6) is -0.0990. The zero-order chi connectivity index (χ0) is 18.0. The summed E-state index contributed by atoms with van der Waals surface area (Å²) in [6.45, 7) is -0.373. The second-order valence-corrected chi connectivity index (χ2v) is 5.90. The van der Waals surface area contributed by atoms with Crippen LogP contribution in [0.3, 0.4) is 0 Å². The number of aliphatic hydroxyl groups excluding tert-OH is 1. The molecule has 1 N–H and O–H groups in total. The van der Waals surface area contributed by atoms with E-state index in [0.717, 1.165) is 6.26 Å². The number of ether oxygens (including phenoxy) is 1. The van der Waals surface area contributed by atoms with Crippen LogP contribution in [0.2, 0.25) is 5.02 Å². The van der Waals surface area contributed by atoms with Gasteiger partial charge in [-0.05, 0) is 18.2 Å². The average molecular weight is 366 g/mol. The van der Waals surface area contributed by atoms with Crippen LogP contribution in [0.1, 0.15) is 21.9 Å². The number of hydrogen-bond donors (Lipinski definition) is 1. The third-order valence-corrected chi connectivity index (χ3v) is 3.93. The van der Waals surface area contributed by atoms with Gasteiger partial charge < -0.3 is 19.2 Å². The first-order valence-electron chi connectivity index (χ1n) is 7.36. The maximum atomic E-state index is 13.3. The van der Waals surface area contributed by atoms with Crippen LogP contribution in [0, 0.1) is 11.3 Å². The number of likely N-dealkylation sites (tertiary alicyclic amines) is 1. The van der Waals surface area contributed by atoms with Gasteiger partial charge in [-0.15, -0.1) is 0 Å². The SMILES string of the molecule is N#Cc1cc(Cl)ccc1OCc1nc(C(=O)N2C[C@@H](O)[C@H](F)C2)co1. The van der Waals surface area contributed by atoms with Crippen LogP contribution >= 0.6 is 11.6 Å². The van der Waals surface area contributed by atoms with E-state index in [1.165, 1.54) is 11.0 Å². The molecule has 1 amide bonds. The second-order valence-electron chi connectivity index (χ2n) is 5.46. The minimum absolute atomic E-state index is 0.00323. The monoisotopic (exact) mass is 365 g/mol. The highest BCUT2D eigenvalue weighted by molar-refractivity contribution is 6.30. The van der Waals surface area contributed by atoms with Crippen molar-refractivity contribution in [3.05, 3.63) is 46.6 Å². The number of benzene rings is 1. The Morgan fingerprint density at radius 1 is 1.56 bits per heavy atom. The summed E-state index contributed by atoms with van der Waals surface area (Å²) in [5, 5.41) is 18.8. The van der Waals surface area contributed by atoms with Gasteiger partial charge in [0.25, 0.3) is 5.91 Å². The Balaban J connectivity index is 1.65. The summed E-state index contributed by atoms with van der Waals surface area (Å²) in [5.41, 5.74) is 0.256. The highest BCUT2D eigenvalue weighted by Gasteiger charge is 2.35. The minimum Gasteiger partial charge on any atom is -0.482 e. The molecule has 0 spiro atoms. The van der Waals surface area contributed by atoms with Crippen LogP contribution in [0.15, 0.2) is 28.9 Å². The Morgan fingerprint density at radius 2 is 2.36 bits per heavy atom. The summed E-state index contributed by atoms with van der Waals surface area (Å²) in [6, 6.07) is 6.55. The molecular weight excluding hydrogens is 353 g/mol. The molecule has 130 valence electrons. The fourth-order valence-electron chi connectivity index (χ4n) is 2.41. The molecule has 3 rings (SSSR count). The van der Waals surface area contributed by atoms with Gasteiger partial charge in [0, 0.05) is 5.02 Å². The molecule has 1 aliphatic heterocycles. The number of aliphatic hydroxyl groups is 1. The molecule has 2 atom stereocenters. The van der Waals surface area contributed by atoms with Crippen LogP contribution in [0.4, 0.5) is 4.39 Å². The standard InChI is InChI=1S/C16H13ClFN3O4/c17-10-1-2-14(9(3-10)4-19)24-8-15-20-12(7-25-15)16(23)21-5-11(18)13(22)6-21/h1-3,7,11,13,22H,5-6,8H2/t11-,13-/m1/s1. The van der Waals surface area contributed by atoms with E-state index in [9.17, 15) is 14.3 Å². The van der Waals surface area contributed by atoms with Crippen molar-refractivity contribution < 1.29 is 23.4 Å². The molecule has 1 saturated heterocycles. The van der Waals surface area contributed by atoms with Gasteiger partial charge in [-0.2, -0.15) is 5.26 Å². The maximum Gasteiger partial charge on any atom is 0.276 e. The number of β-amino-alcohol motifs (C(OH)–C–C–N with tert-alkyl or cyclic N) is 1. The number of alkyl halides is 1. The van der Waals surface area contributed by atoms with E-state index in [0.29, 0.717) is 10.8 Å². The summed E-state index contributed by atoms with van der Waals surface area (Å²) >= 11 is 5.81. The van der Waals surface area contributed by atoms with E-state index < -0.39 is 18.2 Å². The average Bonchev–Trinajstić information content (AvgIpc) is 3.20. The Morgan fingerprint density at radius 3 is 3.04 bits per heavy atom. The van der Waals surface area contributed by atoms with Crippen molar-refractivity contribution >= 4 is 17.5 Å². The van der Waals surface area contributed by atoms with Crippen LogP contribution in [0.5, 0.6) is 5.75 Å². The Bertz CT molecular complexity index is 825. The van der Waals surface area contributed by atoms with E-state index in [-0.39, 0.29) is 36.8 Å². The van der Waals surface area contributed by atoms with Gasteiger partial charge in [0.05, 0.1) is 18.7 Å². The highest BCUT2D eigenvalue weighted by atomic mass is 35.5. The van der Waals surface area contributed by atoms with Gasteiger partial charge in [-0.3, -0.25) is 4.79 Å². The fraction of sp³-hybridized carbons (Fsp3) is 0.312. The Kier molecular flexibility index (Phi) is 4.88. The van der Waals surface area contributed by atoms with Crippen molar-refractivity contribution in [2.45, 2.75) is 18.9 Å². The molecule has 2 heterocycles. The van der Waals surface area contributed by atoms with Gasteiger partial charge in [-0.25, -0.2) is 9.37 Å². The first-order chi connectivity index (χ1) is 12.0. The predicted octanol–water partition coefficient (Wildman–Crippen LogP) is 1.93. The molecule has 0 unspecified atom stereocenters. The van der Waals surface area contributed by atoms with E-state index in [1.54, 1.807) is 12.1 Å². The van der Waals surface area contributed by atoms with E-state index in [1.807, 2.05) is 6.07 Å². The maximum absolute atomic E-state index is 13.3. The van der Waals surface area contributed by atoms with Crippen molar-refractivity contribution in [3.63, 3.8) is 0 Å². The molecular formula is C16H13ClFN3O4. The van der Waals surface area contributed by atoms with Crippen molar-refractivity contribution in [1.29, 1.82) is 5.26 Å². The normalized spacial score (nSPS) is 19.7. The van der Waals surface area contributed by atoms with Gasteiger partial charge in [0.1, 0.15) is 30.4 Å². The molecule has 0 bridgehead atoms. The number of nitriles is 1. The van der Waals surface area contributed by atoms with Gasteiger partial charge in [0.15, 0.2) is 12.3 Å². The summed E-state index contributed by atoms with van der Waals surface area (Å²) in [4.78, 5) is 17.4. The second kappa shape index (κ2) is 7.09. The number of hydrogen-bond acceptors (Lipinski definition) is 6. The van der Waals surface area contributed by atoms with Crippen LogP contribution in [-0.2, 0) is 6.61 Å². The predicted molar refractivity (Wildman–Crippen MR) is 83.8 cm³/mol. The quantitative estimate of drug-likeness (QED) is 0.888. The van der Waals surface area contributed by atoms with Crippen LogP contribution in [-0.4, -0.2) is 46.3 Å². The third-order valence-electron chi connectivity index (χ3n) is 3.69. The third kappa shape index (κ3) is 3.73. The molecule has 1 aliphatic rings. The van der Waals surface area contributed by atoms with Crippen molar-refractivity contribution in [1.82, 2.24) is 9.88 Å². The van der Waals surface area contributed by atoms with Gasteiger partial charge in [0.2, 0.25) is 5.89 Å². The molecule has 2 aromatic rings. The van der Waals surface area contributed by atoms with E-state index in [2.05, 4.69) is 4.98 Å². The van der Waals surface area contributed by atoms with E-state index in [4.69, 9.17) is 26.0 Å². The lowest BCUT2D eigenvalue weighted by atomic mass is 10.2.